The van der Waals surface area contributed by atoms with Gasteiger partial charge in [0.05, 0.1) is 25.9 Å². The van der Waals surface area contributed by atoms with Crippen molar-refractivity contribution in [2.75, 3.05) is 51.3 Å². The maximum absolute atomic E-state index is 6.39. The Labute approximate surface area is 176 Å². The first kappa shape index (κ1) is 20.5. The highest BCUT2D eigenvalue weighted by Crippen LogP contribution is 2.46. The highest BCUT2D eigenvalue weighted by atomic mass is 16.5. The SMILES string of the molecule is CCN(CC)CC1=NCC(C2CN(CC3CCCCC3)c3c(OC)cccc32)O1. The van der Waals surface area contributed by atoms with Crippen molar-refractivity contribution in [1.82, 2.24) is 4.90 Å². The lowest BCUT2D eigenvalue weighted by Crippen LogP contribution is -2.34. The molecule has 0 saturated heterocycles. The monoisotopic (exact) mass is 399 g/mol. The van der Waals surface area contributed by atoms with Crippen LogP contribution in [-0.4, -0.2) is 63.3 Å². The van der Waals surface area contributed by atoms with Gasteiger partial charge >= 0.3 is 0 Å². The van der Waals surface area contributed by atoms with Crippen LogP contribution in [0.4, 0.5) is 5.69 Å². The zero-order valence-electron chi connectivity index (χ0n) is 18.4. The number of hydrogen-bond acceptors (Lipinski definition) is 5. The van der Waals surface area contributed by atoms with E-state index in [9.17, 15) is 0 Å². The summed E-state index contributed by atoms with van der Waals surface area (Å²) in [5.41, 5.74) is 2.68. The normalized spacial score (nSPS) is 24.6. The van der Waals surface area contributed by atoms with Gasteiger partial charge in [-0.25, -0.2) is 0 Å². The van der Waals surface area contributed by atoms with E-state index < -0.39 is 0 Å². The Morgan fingerprint density at radius 3 is 2.69 bits per heavy atom. The van der Waals surface area contributed by atoms with Gasteiger partial charge in [-0.3, -0.25) is 9.89 Å². The molecule has 2 unspecified atom stereocenters. The van der Waals surface area contributed by atoms with Gasteiger partial charge in [0.1, 0.15) is 11.9 Å². The van der Waals surface area contributed by atoms with E-state index in [1.165, 1.54) is 43.4 Å². The first-order valence-electron chi connectivity index (χ1n) is 11.6. The minimum Gasteiger partial charge on any atom is -0.495 e. The van der Waals surface area contributed by atoms with Crippen LogP contribution in [0.25, 0.3) is 0 Å². The van der Waals surface area contributed by atoms with Gasteiger partial charge in [0, 0.05) is 19.0 Å². The fourth-order valence-corrected chi connectivity index (χ4v) is 5.31. The second-order valence-corrected chi connectivity index (χ2v) is 8.77. The van der Waals surface area contributed by atoms with Gasteiger partial charge in [-0.15, -0.1) is 0 Å². The molecule has 0 spiro atoms. The van der Waals surface area contributed by atoms with Crippen molar-refractivity contribution in [2.24, 2.45) is 10.9 Å². The second kappa shape index (κ2) is 9.38. The minimum absolute atomic E-state index is 0.141. The third-order valence-corrected chi connectivity index (χ3v) is 7.02. The fraction of sp³-hybridized carbons (Fsp3) is 0.708. The standard InChI is InChI=1S/C24H37N3O2/c1-4-26(5-2)17-23-25-14-22(29-23)20-16-27(15-18-10-7-6-8-11-18)24-19(20)12-9-13-21(24)28-3/h9,12-13,18,20,22H,4-8,10-11,14-17H2,1-3H3. The predicted octanol–water partition coefficient (Wildman–Crippen LogP) is 4.32. The van der Waals surface area contributed by atoms with E-state index in [1.54, 1.807) is 7.11 Å². The molecule has 5 nitrogen and oxygen atoms in total. The van der Waals surface area contributed by atoms with Crippen molar-refractivity contribution >= 4 is 11.6 Å². The summed E-state index contributed by atoms with van der Waals surface area (Å²) in [7, 11) is 1.79. The molecule has 0 radical (unpaired) electrons. The van der Waals surface area contributed by atoms with Gasteiger partial charge in [0.2, 0.25) is 0 Å². The Hall–Kier alpha value is -1.75. The molecular weight excluding hydrogens is 362 g/mol. The summed E-state index contributed by atoms with van der Waals surface area (Å²) in [6, 6.07) is 6.50. The maximum atomic E-state index is 6.39. The van der Waals surface area contributed by atoms with Crippen LogP contribution in [0, 0.1) is 5.92 Å². The molecule has 2 aliphatic heterocycles. The lowest BCUT2D eigenvalue weighted by Gasteiger charge is -2.29. The molecule has 1 saturated carbocycles. The van der Waals surface area contributed by atoms with E-state index in [1.807, 2.05) is 0 Å². The van der Waals surface area contributed by atoms with Crippen LogP contribution >= 0.6 is 0 Å². The van der Waals surface area contributed by atoms with E-state index in [-0.39, 0.29) is 6.10 Å². The molecular formula is C24H37N3O2. The van der Waals surface area contributed by atoms with Gasteiger partial charge in [-0.2, -0.15) is 0 Å². The molecule has 0 N–H and O–H groups in total. The topological polar surface area (TPSA) is 37.3 Å². The van der Waals surface area contributed by atoms with Crippen LogP contribution in [0.15, 0.2) is 23.2 Å². The summed E-state index contributed by atoms with van der Waals surface area (Å²) in [5.74, 6) is 3.08. The molecule has 5 heteroatoms. The van der Waals surface area contributed by atoms with E-state index in [4.69, 9.17) is 14.5 Å². The molecule has 2 atom stereocenters. The lowest BCUT2D eigenvalue weighted by molar-refractivity contribution is 0.181. The quantitative estimate of drug-likeness (QED) is 0.652. The Bertz CT molecular complexity index is 710. The molecule has 1 aromatic rings. The van der Waals surface area contributed by atoms with E-state index in [0.29, 0.717) is 5.92 Å². The Morgan fingerprint density at radius 2 is 1.97 bits per heavy atom. The minimum atomic E-state index is 0.141. The summed E-state index contributed by atoms with van der Waals surface area (Å²) in [4.78, 5) is 9.70. The molecule has 2 heterocycles. The zero-order chi connectivity index (χ0) is 20.2. The second-order valence-electron chi connectivity index (χ2n) is 8.77. The smallest absolute Gasteiger partial charge is 0.198 e. The number of fused-ring (bicyclic) bond motifs is 1. The van der Waals surface area contributed by atoms with Gasteiger partial charge < -0.3 is 14.4 Å². The van der Waals surface area contributed by atoms with Crippen LogP contribution in [0.3, 0.4) is 0 Å². The van der Waals surface area contributed by atoms with Crippen LogP contribution in [0.5, 0.6) is 5.75 Å². The number of ether oxygens (including phenoxy) is 2. The molecule has 1 fully saturated rings. The van der Waals surface area contributed by atoms with Gasteiger partial charge in [-0.05, 0) is 43.5 Å². The Balaban J connectivity index is 1.49. The van der Waals surface area contributed by atoms with Crippen molar-refractivity contribution in [3.8, 4) is 5.75 Å². The summed E-state index contributed by atoms with van der Waals surface area (Å²) < 4.78 is 12.2. The molecule has 1 aromatic carbocycles. The van der Waals surface area contributed by atoms with Crippen molar-refractivity contribution in [3.05, 3.63) is 23.8 Å². The van der Waals surface area contributed by atoms with Gasteiger partial charge in [0.25, 0.3) is 0 Å². The highest BCUT2D eigenvalue weighted by molar-refractivity contribution is 5.80. The summed E-state index contributed by atoms with van der Waals surface area (Å²) >= 11 is 0. The average molecular weight is 400 g/mol. The Kier molecular flexibility index (Phi) is 6.63. The first-order valence-corrected chi connectivity index (χ1v) is 11.6. The molecule has 3 aliphatic rings. The van der Waals surface area contributed by atoms with Crippen LogP contribution in [-0.2, 0) is 4.74 Å². The lowest BCUT2D eigenvalue weighted by atomic mass is 9.89. The number of anilines is 1. The number of para-hydroxylation sites is 1. The first-order chi connectivity index (χ1) is 14.2. The van der Waals surface area contributed by atoms with Gasteiger partial charge in [-0.1, -0.05) is 45.2 Å². The van der Waals surface area contributed by atoms with E-state index >= 15 is 0 Å². The number of hydrogen-bond donors (Lipinski definition) is 0. The maximum Gasteiger partial charge on any atom is 0.198 e. The molecule has 0 bridgehead atoms. The number of aliphatic imine (C=N–C) groups is 1. The third-order valence-electron chi connectivity index (χ3n) is 7.02. The largest absolute Gasteiger partial charge is 0.495 e. The predicted molar refractivity (Wildman–Crippen MR) is 119 cm³/mol. The number of methoxy groups -OCH3 is 1. The van der Waals surface area contributed by atoms with E-state index in [0.717, 1.165) is 56.8 Å². The summed E-state index contributed by atoms with van der Waals surface area (Å²) in [6.45, 7) is 10.2. The van der Waals surface area contributed by atoms with Crippen molar-refractivity contribution in [2.45, 2.75) is 58.0 Å². The average Bonchev–Trinajstić information content (AvgIpc) is 3.37. The number of likely N-dealkylation sites (N-methyl/N-ethyl adjacent to an activating group) is 1. The van der Waals surface area contributed by atoms with E-state index in [2.05, 4.69) is 41.8 Å². The number of nitrogens with zero attached hydrogens (tertiary/aromatic N) is 3. The highest BCUT2D eigenvalue weighted by Gasteiger charge is 2.40. The van der Waals surface area contributed by atoms with Crippen molar-refractivity contribution < 1.29 is 9.47 Å². The van der Waals surface area contributed by atoms with Crippen LogP contribution < -0.4 is 9.64 Å². The summed E-state index contributed by atoms with van der Waals surface area (Å²) in [5, 5.41) is 0. The van der Waals surface area contributed by atoms with Crippen LogP contribution in [0.1, 0.15) is 57.4 Å². The Morgan fingerprint density at radius 1 is 1.17 bits per heavy atom. The molecule has 1 aliphatic carbocycles. The van der Waals surface area contributed by atoms with Crippen LogP contribution in [0.2, 0.25) is 0 Å². The molecule has 29 heavy (non-hydrogen) atoms. The van der Waals surface area contributed by atoms with Gasteiger partial charge in [0.15, 0.2) is 5.90 Å². The molecule has 4 rings (SSSR count). The molecule has 160 valence electrons. The summed E-state index contributed by atoms with van der Waals surface area (Å²) in [6.07, 6.45) is 7.04. The molecule has 0 aromatic heterocycles. The zero-order valence-corrected chi connectivity index (χ0v) is 18.4. The number of rotatable bonds is 8. The van der Waals surface area contributed by atoms with Crippen molar-refractivity contribution in [1.29, 1.82) is 0 Å². The fourth-order valence-electron chi connectivity index (χ4n) is 5.31. The number of benzene rings is 1. The third kappa shape index (κ3) is 4.40. The van der Waals surface area contributed by atoms with Crippen molar-refractivity contribution in [3.63, 3.8) is 0 Å². The molecule has 0 amide bonds.